The standard InChI is InChI=1S/C12H9ClFN5OS/c1-20-9-6(13)2-5(3-7(9)14)21-12-18-8-10(15)16-4-17-11(8)19-12/h2-4H,1H3,(H3,15,16,17,18,19). The zero-order chi connectivity index (χ0) is 15.0. The molecule has 3 aromatic rings. The number of anilines is 1. The van der Waals surface area contributed by atoms with Crippen molar-refractivity contribution in [2.75, 3.05) is 12.8 Å². The molecule has 0 saturated carbocycles. The molecule has 3 N–H and O–H groups in total. The number of imidazole rings is 1. The predicted molar refractivity (Wildman–Crippen MR) is 78.2 cm³/mol. The van der Waals surface area contributed by atoms with Crippen molar-refractivity contribution < 1.29 is 9.13 Å². The van der Waals surface area contributed by atoms with Crippen molar-refractivity contribution in [3.63, 3.8) is 0 Å². The predicted octanol–water partition coefficient (Wildman–Crippen LogP) is 2.89. The number of benzene rings is 1. The molecule has 0 unspecified atom stereocenters. The lowest BCUT2D eigenvalue weighted by Gasteiger charge is -2.06. The van der Waals surface area contributed by atoms with E-state index in [4.69, 9.17) is 22.1 Å². The highest BCUT2D eigenvalue weighted by molar-refractivity contribution is 7.99. The molecule has 0 amide bonds. The maximum Gasteiger partial charge on any atom is 0.183 e. The maximum absolute atomic E-state index is 13.8. The van der Waals surface area contributed by atoms with Gasteiger partial charge in [-0.3, -0.25) is 0 Å². The second-order valence-corrected chi connectivity index (χ2v) is 5.49. The first-order valence-corrected chi connectivity index (χ1v) is 6.95. The van der Waals surface area contributed by atoms with E-state index in [2.05, 4.69) is 19.9 Å². The molecule has 0 aliphatic heterocycles. The lowest BCUT2D eigenvalue weighted by Crippen LogP contribution is -1.91. The molecule has 0 aliphatic carbocycles. The van der Waals surface area contributed by atoms with Gasteiger partial charge in [-0.1, -0.05) is 23.4 Å². The number of nitrogens with one attached hydrogen (secondary N) is 1. The zero-order valence-electron chi connectivity index (χ0n) is 10.7. The number of methoxy groups -OCH3 is 1. The summed E-state index contributed by atoms with van der Waals surface area (Å²) in [6.07, 6.45) is 1.33. The van der Waals surface area contributed by atoms with Crippen molar-refractivity contribution >= 4 is 40.3 Å². The van der Waals surface area contributed by atoms with E-state index in [1.807, 2.05) is 0 Å². The molecule has 1 aromatic carbocycles. The number of hydrogen-bond donors (Lipinski definition) is 2. The van der Waals surface area contributed by atoms with Gasteiger partial charge in [0.25, 0.3) is 0 Å². The van der Waals surface area contributed by atoms with E-state index < -0.39 is 5.82 Å². The monoisotopic (exact) mass is 325 g/mol. The SMILES string of the molecule is COc1c(F)cc(Sc2nc3ncnc(N)c3[nH]2)cc1Cl. The summed E-state index contributed by atoms with van der Waals surface area (Å²) >= 11 is 7.15. The third kappa shape index (κ3) is 2.59. The molecule has 108 valence electrons. The normalized spacial score (nSPS) is 11.0. The number of ether oxygens (including phenoxy) is 1. The summed E-state index contributed by atoms with van der Waals surface area (Å²) in [7, 11) is 1.36. The summed E-state index contributed by atoms with van der Waals surface area (Å²) in [5.74, 6) is -0.220. The number of nitrogens with two attached hydrogens (primary N) is 1. The third-order valence-electron chi connectivity index (χ3n) is 2.69. The highest BCUT2D eigenvalue weighted by atomic mass is 35.5. The van der Waals surface area contributed by atoms with Crippen LogP contribution >= 0.6 is 23.4 Å². The first-order chi connectivity index (χ1) is 10.1. The smallest absolute Gasteiger partial charge is 0.183 e. The van der Waals surface area contributed by atoms with Gasteiger partial charge in [-0.25, -0.2) is 19.3 Å². The molecule has 0 aliphatic rings. The van der Waals surface area contributed by atoms with Crippen LogP contribution in [0.2, 0.25) is 5.02 Å². The van der Waals surface area contributed by atoms with Gasteiger partial charge < -0.3 is 15.5 Å². The van der Waals surface area contributed by atoms with Crippen molar-refractivity contribution in [3.05, 3.63) is 29.3 Å². The van der Waals surface area contributed by atoms with E-state index >= 15 is 0 Å². The van der Waals surface area contributed by atoms with E-state index in [-0.39, 0.29) is 10.8 Å². The molecule has 21 heavy (non-hydrogen) atoms. The Balaban J connectivity index is 1.97. The molecule has 0 saturated heterocycles. The molecule has 2 aromatic heterocycles. The van der Waals surface area contributed by atoms with Crippen LogP contribution in [-0.2, 0) is 0 Å². The van der Waals surface area contributed by atoms with Gasteiger partial charge in [0.2, 0.25) is 0 Å². The van der Waals surface area contributed by atoms with Gasteiger partial charge in [-0.05, 0) is 12.1 Å². The summed E-state index contributed by atoms with van der Waals surface area (Å²) in [6.45, 7) is 0. The number of fused-ring (bicyclic) bond motifs is 1. The molecule has 3 rings (SSSR count). The van der Waals surface area contributed by atoms with E-state index in [9.17, 15) is 4.39 Å². The van der Waals surface area contributed by atoms with Crippen LogP contribution in [0.3, 0.4) is 0 Å². The van der Waals surface area contributed by atoms with Crippen LogP contribution in [0.15, 0.2) is 28.5 Å². The number of nitrogen functional groups attached to an aromatic ring is 1. The number of aromatic amines is 1. The maximum atomic E-state index is 13.8. The van der Waals surface area contributed by atoms with Gasteiger partial charge in [-0.15, -0.1) is 0 Å². The van der Waals surface area contributed by atoms with E-state index in [1.54, 1.807) is 6.07 Å². The highest BCUT2D eigenvalue weighted by Crippen LogP contribution is 2.35. The molecule has 9 heteroatoms. The fourth-order valence-electron chi connectivity index (χ4n) is 1.78. The fourth-order valence-corrected chi connectivity index (χ4v) is 2.97. The van der Waals surface area contributed by atoms with Gasteiger partial charge in [0.15, 0.2) is 28.2 Å². The molecule has 0 spiro atoms. The van der Waals surface area contributed by atoms with Crippen LogP contribution in [0.4, 0.5) is 10.2 Å². The van der Waals surface area contributed by atoms with Crippen molar-refractivity contribution in [1.82, 2.24) is 19.9 Å². The average Bonchev–Trinajstić information content (AvgIpc) is 2.82. The first kappa shape index (κ1) is 13.9. The number of aromatic nitrogens is 4. The lowest BCUT2D eigenvalue weighted by atomic mass is 10.3. The summed E-state index contributed by atoms with van der Waals surface area (Å²) in [4.78, 5) is 15.7. The Hall–Kier alpha value is -2.06. The summed E-state index contributed by atoms with van der Waals surface area (Å²) in [5, 5.41) is 0.702. The number of nitrogens with zero attached hydrogens (tertiary/aromatic N) is 3. The van der Waals surface area contributed by atoms with Crippen molar-refractivity contribution in [2.24, 2.45) is 0 Å². The zero-order valence-corrected chi connectivity index (χ0v) is 12.3. The topological polar surface area (TPSA) is 89.7 Å². The van der Waals surface area contributed by atoms with E-state index in [0.717, 1.165) is 0 Å². The van der Waals surface area contributed by atoms with Crippen molar-refractivity contribution in [2.45, 2.75) is 10.1 Å². The third-order valence-corrected chi connectivity index (χ3v) is 3.83. The minimum absolute atomic E-state index is 0.0146. The van der Waals surface area contributed by atoms with Gasteiger partial charge in [0.05, 0.1) is 12.1 Å². The molecular formula is C12H9ClFN5OS. The second kappa shape index (κ2) is 5.38. The average molecular weight is 326 g/mol. The Morgan fingerprint density at radius 2 is 2.19 bits per heavy atom. The summed E-state index contributed by atoms with van der Waals surface area (Å²) in [6, 6.07) is 2.91. The minimum Gasteiger partial charge on any atom is -0.492 e. The summed E-state index contributed by atoms with van der Waals surface area (Å²) in [5.41, 5.74) is 6.71. The Kier molecular flexibility index (Phi) is 3.56. The van der Waals surface area contributed by atoms with Gasteiger partial charge in [0.1, 0.15) is 11.8 Å². The Morgan fingerprint density at radius 3 is 2.86 bits per heavy atom. The van der Waals surface area contributed by atoms with Crippen molar-refractivity contribution in [3.8, 4) is 5.75 Å². The van der Waals surface area contributed by atoms with Crippen LogP contribution in [0.5, 0.6) is 5.75 Å². The quantitative estimate of drug-likeness (QED) is 0.769. The molecule has 0 fully saturated rings. The second-order valence-electron chi connectivity index (χ2n) is 4.02. The van der Waals surface area contributed by atoms with Crippen LogP contribution in [0, 0.1) is 5.82 Å². The lowest BCUT2D eigenvalue weighted by molar-refractivity contribution is 0.386. The van der Waals surface area contributed by atoms with Crippen molar-refractivity contribution in [1.29, 1.82) is 0 Å². The molecule has 2 heterocycles. The molecule has 0 atom stereocenters. The Bertz CT molecular complexity index is 802. The van der Waals surface area contributed by atoms with Gasteiger partial charge >= 0.3 is 0 Å². The Labute approximate surface area is 127 Å². The van der Waals surface area contributed by atoms with Gasteiger partial charge in [0, 0.05) is 4.90 Å². The Morgan fingerprint density at radius 1 is 1.38 bits per heavy atom. The number of rotatable bonds is 3. The number of H-pyrrole nitrogens is 1. The minimum atomic E-state index is -0.539. The fraction of sp³-hybridized carbons (Fsp3) is 0.0833. The van der Waals surface area contributed by atoms with Crippen LogP contribution in [0.25, 0.3) is 11.2 Å². The summed E-state index contributed by atoms with van der Waals surface area (Å²) < 4.78 is 18.7. The van der Waals surface area contributed by atoms with E-state index in [0.29, 0.717) is 27.0 Å². The number of hydrogen-bond acceptors (Lipinski definition) is 6. The highest BCUT2D eigenvalue weighted by Gasteiger charge is 2.13. The first-order valence-electron chi connectivity index (χ1n) is 5.75. The van der Waals surface area contributed by atoms with Crippen LogP contribution < -0.4 is 10.5 Å². The van der Waals surface area contributed by atoms with Crippen LogP contribution in [-0.4, -0.2) is 27.0 Å². The largest absolute Gasteiger partial charge is 0.492 e. The molecule has 0 radical (unpaired) electrons. The van der Waals surface area contributed by atoms with Gasteiger partial charge in [-0.2, -0.15) is 0 Å². The van der Waals surface area contributed by atoms with Crippen LogP contribution in [0.1, 0.15) is 0 Å². The molecule has 0 bridgehead atoms. The van der Waals surface area contributed by atoms with E-state index in [1.165, 1.54) is 31.3 Å². The molecule has 6 nitrogen and oxygen atoms in total. The molecular weight excluding hydrogens is 317 g/mol. The number of halogens is 2.